The molecule has 1 rings (SSSR count). The van der Waals surface area contributed by atoms with E-state index >= 15 is 0 Å². The van der Waals surface area contributed by atoms with Crippen molar-refractivity contribution in [3.05, 3.63) is 17.8 Å². The van der Waals surface area contributed by atoms with E-state index in [1.165, 1.54) is 6.20 Å². The fourth-order valence-electron chi connectivity index (χ4n) is 1.54. The third-order valence-electron chi connectivity index (χ3n) is 2.44. The minimum atomic E-state index is -0.442. The van der Waals surface area contributed by atoms with Gasteiger partial charge in [-0.25, -0.2) is 9.78 Å². The molecule has 1 heterocycles. The van der Waals surface area contributed by atoms with E-state index in [1.807, 2.05) is 13.8 Å². The van der Waals surface area contributed by atoms with Crippen molar-refractivity contribution in [2.45, 2.75) is 26.8 Å². The van der Waals surface area contributed by atoms with E-state index in [9.17, 15) is 4.79 Å². The average Bonchev–Trinajstić information content (AvgIpc) is 2.39. The molecule has 0 fully saturated rings. The number of aromatic nitrogens is 1. The summed E-state index contributed by atoms with van der Waals surface area (Å²) in [7, 11) is 0. The molecule has 0 aliphatic rings. The molecule has 0 radical (unpaired) electrons. The van der Waals surface area contributed by atoms with Crippen LogP contribution < -0.4 is 11.1 Å². The molecule has 106 valence electrons. The molecule has 1 aromatic rings. The number of carbonyl (C=O) groups excluding carboxylic acids is 1. The summed E-state index contributed by atoms with van der Waals surface area (Å²) >= 11 is 0. The van der Waals surface area contributed by atoms with Crippen molar-refractivity contribution < 1.29 is 14.3 Å². The lowest BCUT2D eigenvalue weighted by atomic mass is 10.2. The number of rotatable bonds is 7. The number of nitrogen functional groups attached to an aromatic ring is 1. The van der Waals surface area contributed by atoms with Gasteiger partial charge in [-0.3, -0.25) is 0 Å². The summed E-state index contributed by atoms with van der Waals surface area (Å²) in [6.45, 7) is 7.14. The van der Waals surface area contributed by atoms with Crippen LogP contribution in [0.4, 0.5) is 11.5 Å². The maximum absolute atomic E-state index is 11.7. The van der Waals surface area contributed by atoms with Gasteiger partial charge in [0.15, 0.2) is 0 Å². The van der Waals surface area contributed by atoms with Crippen molar-refractivity contribution in [1.82, 2.24) is 4.98 Å². The molecular formula is C13H21N3O3. The van der Waals surface area contributed by atoms with Crippen LogP contribution in [0.3, 0.4) is 0 Å². The Balaban J connectivity index is 2.79. The second-order valence-electron chi connectivity index (χ2n) is 4.05. The van der Waals surface area contributed by atoms with E-state index in [0.29, 0.717) is 36.9 Å². The second kappa shape index (κ2) is 7.58. The monoisotopic (exact) mass is 267 g/mol. The highest BCUT2D eigenvalue weighted by molar-refractivity contribution is 5.97. The van der Waals surface area contributed by atoms with Gasteiger partial charge in [0.1, 0.15) is 5.82 Å². The highest BCUT2D eigenvalue weighted by atomic mass is 16.5. The van der Waals surface area contributed by atoms with Gasteiger partial charge >= 0.3 is 5.97 Å². The van der Waals surface area contributed by atoms with Gasteiger partial charge in [0.25, 0.3) is 0 Å². The molecule has 0 aliphatic carbocycles. The Morgan fingerprint density at radius 1 is 1.47 bits per heavy atom. The summed E-state index contributed by atoms with van der Waals surface area (Å²) in [6.07, 6.45) is 1.53. The lowest BCUT2D eigenvalue weighted by molar-refractivity contribution is 0.0527. The van der Waals surface area contributed by atoms with Crippen LogP contribution in [0, 0.1) is 0 Å². The molecule has 0 aliphatic heterocycles. The molecule has 6 heteroatoms. The standard InChI is InChI=1S/C13H21N3O3/c1-4-18-8-9(3)16-12-11(14)10(6-7-15-12)13(17)19-5-2/h6-7,9H,4-5,8,14H2,1-3H3,(H,15,16). The molecular weight excluding hydrogens is 246 g/mol. The fourth-order valence-corrected chi connectivity index (χ4v) is 1.54. The van der Waals surface area contributed by atoms with Crippen LogP contribution in [0.25, 0.3) is 0 Å². The fraction of sp³-hybridized carbons (Fsp3) is 0.538. The smallest absolute Gasteiger partial charge is 0.340 e. The van der Waals surface area contributed by atoms with Crippen LogP contribution in [-0.4, -0.2) is 36.8 Å². The number of nitrogens with one attached hydrogen (secondary N) is 1. The molecule has 0 aromatic carbocycles. The van der Waals surface area contributed by atoms with Crippen LogP contribution in [0.5, 0.6) is 0 Å². The van der Waals surface area contributed by atoms with Gasteiger partial charge < -0.3 is 20.5 Å². The first kappa shape index (κ1) is 15.2. The summed E-state index contributed by atoms with van der Waals surface area (Å²) < 4.78 is 10.2. The number of carbonyl (C=O) groups is 1. The molecule has 6 nitrogen and oxygen atoms in total. The number of ether oxygens (including phenoxy) is 2. The van der Waals surface area contributed by atoms with Gasteiger partial charge in [-0.1, -0.05) is 0 Å². The van der Waals surface area contributed by atoms with Crippen LogP contribution in [0.1, 0.15) is 31.1 Å². The third-order valence-corrected chi connectivity index (χ3v) is 2.44. The Kier molecular flexibility index (Phi) is 6.08. The molecule has 1 unspecified atom stereocenters. The van der Waals surface area contributed by atoms with Crippen molar-refractivity contribution in [2.75, 3.05) is 30.9 Å². The molecule has 19 heavy (non-hydrogen) atoms. The summed E-state index contributed by atoms with van der Waals surface area (Å²) in [4.78, 5) is 15.8. The number of pyridine rings is 1. The molecule has 0 spiro atoms. The lowest BCUT2D eigenvalue weighted by Crippen LogP contribution is -2.23. The van der Waals surface area contributed by atoms with Gasteiger partial charge in [-0.05, 0) is 26.8 Å². The number of nitrogens with two attached hydrogens (primary N) is 1. The maximum Gasteiger partial charge on any atom is 0.340 e. The van der Waals surface area contributed by atoms with E-state index < -0.39 is 5.97 Å². The largest absolute Gasteiger partial charge is 0.462 e. The number of hydrogen-bond acceptors (Lipinski definition) is 6. The van der Waals surface area contributed by atoms with Crippen LogP contribution in [0.15, 0.2) is 12.3 Å². The third kappa shape index (κ3) is 4.40. The minimum absolute atomic E-state index is 0.0483. The number of hydrogen-bond donors (Lipinski definition) is 2. The van der Waals surface area contributed by atoms with Gasteiger partial charge in [-0.2, -0.15) is 0 Å². The van der Waals surface area contributed by atoms with Gasteiger partial charge in [-0.15, -0.1) is 0 Å². The molecule has 3 N–H and O–H groups in total. The van der Waals surface area contributed by atoms with Gasteiger partial charge in [0.05, 0.1) is 24.5 Å². The van der Waals surface area contributed by atoms with Crippen molar-refractivity contribution >= 4 is 17.5 Å². The zero-order valence-corrected chi connectivity index (χ0v) is 11.6. The molecule has 1 aromatic heterocycles. The number of esters is 1. The number of anilines is 2. The Morgan fingerprint density at radius 2 is 2.21 bits per heavy atom. The van der Waals surface area contributed by atoms with E-state index in [-0.39, 0.29) is 6.04 Å². The molecule has 0 amide bonds. The van der Waals surface area contributed by atoms with E-state index in [0.717, 1.165) is 0 Å². The predicted octanol–water partition coefficient (Wildman–Crippen LogP) is 1.68. The zero-order chi connectivity index (χ0) is 14.3. The van der Waals surface area contributed by atoms with E-state index in [1.54, 1.807) is 13.0 Å². The Hall–Kier alpha value is -1.82. The first-order chi connectivity index (χ1) is 9.10. The minimum Gasteiger partial charge on any atom is -0.462 e. The highest BCUT2D eigenvalue weighted by Gasteiger charge is 2.15. The van der Waals surface area contributed by atoms with Crippen molar-refractivity contribution in [1.29, 1.82) is 0 Å². The Morgan fingerprint density at radius 3 is 2.84 bits per heavy atom. The molecule has 0 saturated heterocycles. The normalized spacial score (nSPS) is 11.9. The summed E-state index contributed by atoms with van der Waals surface area (Å²) in [5.74, 6) is 0.0284. The zero-order valence-electron chi connectivity index (χ0n) is 11.6. The highest BCUT2D eigenvalue weighted by Crippen LogP contribution is 2.21. The summed E-state index contributed by atoms with van der Waals surface area (Å²) in [5, 5.41) is 3.11. The Labute approximate surface area is 113 Å². The molecule has 0 saturated carbocycles. The van der Waals surface area contributed by atoms with Crippen molar-refractivity contribution in [3.63, 3.8) is 0 Å². The van der Waals surface area contributed by atoms with Crippen molar-refractivity contribution in [2.24, 2.45) is 0 Å². The number of nitrogens with zero attached hydrogens (tertiary/aromatic N) is 1. The molecule has 1 atom stereocenters. The van der Waals surface area contributed by atoms with Gasteiger partial charge in [0, 0.05) is 18.8 Å². The first-order valence-corrected chi connectivity index (χ1v) is 6.36. The quantitative estimate of drug-likeness (QED) is 0.731. The van der Waals surface area contributed by atoms with Crippen LogP contribution in [0.2, 0.25) is 0 Å². The Bertz CT molecular complexity index is 424. The maximum atomic E-state index is 11.7. The van der Waals surface area contributed by atoms with E-state index in [2.05, 4.69) is 10.3 Å². The van der Waals surface area contributed by atoms with Crippen LogP contribution >= 0.6 is 0 Å². The van der Waals surface area contributed by atoms with Crippen LogP contribution in [-0.2, 0) is 9.47 Å². The van der Waals surface area contributed by atoms with E-state index in [4.69, 9.17) is 15.2 Å². The average molecular weight is 267 g/mol. The predicted molar refractivity (Wildman–Crippen MR) is 74.2 cm³/mol. The molecule has 0 bridgehead atoms. The van der Waals surface area contributed by atoms with Crippen molar-refractivity contribution in [3.8, 4) is 0 Å². The topological polar surface area (TPSA) is 86.5 Å². The summed E-state index contributed by atoms with van der Waals surface area (Å²) in [6, 6.07) is 1.60. The SMILES string of the molecule is CCOCC(C)Nc1nccc(C(=O)OCC)c1N. The lowest BCUT2D eigenvalue weighted by Gasteiger charge is -2.16. The van der Waals surface area contributed by atoms with Gasteiger partial charge in [0.2, 0.25) is 0 Å². The summed E-state index contributed by atoms with van der Waals surface area (Å²) in [5.41, 5.74) is 6.54. The second-order valence-corrected chi connectivity index (χ2v) is 4.05. The first-order valence-electron chi connectivity index (χ1n) is 6.36.